The molecule has 0 atom stereocenters. The Morgan fingerprint density at radius 1 is 1.04 bits per heavy atom. The standard InChI is InChI=1S/C14H7ClN6O2/c15-9-1-7(2-11-8(9)4-16-5-17-11)10-3-12(19-6-18-10)13-20-14(22)23-21-13/h1-6H,(H,20,21,22). The van der Waals surface area contributed by atoms with Crippen LogP contribution in [-0.4, -0.2) is 30.1 Å². The van der Waals surface area contributed by atoms with Gasteiger partial charge in [-0.2, -0.15) is 0 Å². The number of aromatic nitrogens is 6. The lowest BCUT2D eigenvalue weighted by Gasteiger charge is -2.05. The van der Waals surface area contributed by atoms with E-state index in [0.29, 0.717) is 21.9 Å². The number of aromatic amines is 1. The van der Waals surface area contributed by atoms with Crippen molar-refractivity contribution in [2.75, 3.05) is 0 Å². The van der Waals surface area contributed by atoms with Gasteiger partial charge in [0.15, 0.2) is 0 Å². The summed E-state index contributed by atoms with van der Waals surface area (Å²) in [5, 5.41) is 4.89. The van der Waals surface area contributed by atoms with E-state index in [1.165, 1.54) is 12.7 Å². The topological polar surface area (TPSA) is 110 Å². The van der Waals surface area contributed by atoms with Gasteiger partial charge in [0.1, 0.15) is 18.3 Å². The number of H-pyrrole nitrogens is 1. The van der Waals surface area contributed by atoms with Crippen molar-refractivity contribution < 1.29 is 4.52 Å². The first kappa shape index (κ1) is 13.5. The molecule has 112 valence electrons. The molecule has 0 aliphatic carbocycles. The third-order valence-corrected chi connectivity index (χ3v) is 3.53. The minimum absolute atomic E-state index is 0.230. The van der Waals surface area contributed by atoms with Crippen molar-refractivity contribution in [1.29, 1.82) is 0 Å². The minimum Gasteiger partial charge on any atom is -0.296 e. The lowest BCUT2D eigenvalue weighted by Crippen LogP contribution is -1.96. The van der Waals surface area contributed by atoms with Crippen molar-refractivity contribution in [1.82, 2.24) is 30.1 Å². The Kier molecular flexibility index (Phi) is 3.09. The quantitative estimate of drug-likeness (QED) is 0.600. The summed E-state index contributed by atoms with van der Waals surface area (Å²) in [6.45, 7) is 0. The van der Waals surface area contributed by atoms with Gasteiger partial charge in [0.2, 0.25) is 5.82 Å². The van der Waals surface area contributed by atoms with Gasteiger partial charge >= 0.3 is 5.76 Å². The molecule has 3 heterocycles. The van der Waals surface area contributed by atoms with Gasteiger partial charge in [0.05, 0.1) is 16.2 Å². The Labute approximate surface area is 133 Å². The zero-order chi connectivity index (χ0) is 15.8. The fourth-order valence-corrected chi connectivity index (χ4v) is 2.44. The van der Waals surface area contributed by atoms with Gasteiger partial charge in [-0.3, -0.25) is 9.51 Å². The van der Waals surface area contributed by atoms with Crippen molar-refractivity contribution in [2.24, 2.45) is 0 Å². The van der Waals surface area contributed by atoms with Gasteiger partial charge in [0, 0.05) is 17.1 Å². The largest absolute Gasteiger partial charge is 0.439 e. The number of fused-ring (bicyclic) bond motifs is 1. The maximum atomic E-state index is 11.0. The van der Waals surface area contributed by atoms with E-state index in [9.17, 15) is 4.79 Å². The number of hydrogen-bond donors (Lipinski definition) is 1. The molecule has 0 aliphatic heterocycles. The predicted octanol–water partition coefficient (Wildman–Crippen LogP) is 2.08. The smallest absolute Gasteiger partial charge is 0.296 e. The summed E-state index contributed by atoms with van der Waals surface area (Å²) in [7, 11) is 0. The molecule has 8 nitrogen and oxygen atoms in total. The van der Waals surface area contributed by atoms with Crippen molar-refractivity contribution in [3.63, 3.8) is 0 Å². The van der Waals surface area contributed by atoms with Crippen LogP contribution in [0.4, 0.5) is 0 Å². The summed E-state index contributed by atoms with van der Waals surface area (Å²) < 4.78 is 4.48. The van der Waals surface area contributed by atoms with Gasteiger partial charge in [0.25, 0.3) is 0 Å². The Morgan fingerprint density at radius 3 is 2.74 bits per heavy atom. The number of hydrogen-bond acceptors (Lipinski definition) is 7. The second kappa shape index (κ2) is 5.25. The molecule has 1 aromatic carbocycles. The molecule has 4 aromatic rings. The molecule has 1 N–H and O–H groups in total. The van der Waals surface area contributed by atoms with E-state index >= 15 is 0 Å². The third kappa shape index (κ3) is 2.44. The number of benzene rings is 1. The van der Waals surface area contributed by atoms with Crippen LogP contribution >= 0.6 is 11.6 Å². The van der Waals surface area contributed by atoms with Crippen molar-refractivity contribution in [3.05, 3.63) is 52.6 Å². The van der Waals surface area contributed by atoms with Crippen LogP contribution in [0.25, 0.3) is 33.7 Å². The van der Waals surface area contributed by atoms with Crippen LogP contribution in [0.15, 0.2) is 46.4 Å². The average Bonchev–Trinajstić information content (AvgIpc) is 3.01. The van der Waals surface area contributed by atoms with Crippen LogP contribution in [0, 0.1) is 0 Å². The lowest BCUT2D eigenvalue weighted by molar-refractivity contribution is 0.387. The highest BCUT2D eigenvalue weighted by atomic mass is 35.5. The minimum atomic E-state index is -0.648. The Morgan fingerprint density at radius 2 is 1.91 bits per heavy atom. The monoisotopic (exact) mass is 326 g/mol. The molecule has 4 rings (SSSR count). The van der Waals surface area contributed by atoms with E-state index in [1.807, 2.05) is 6.07 Å². The van der Waals surface area contributed by atoms with Gasteiger partial charge in [-0.15, -0.1) is 0 Å². The molecule has 0 fully saturated rings. The molecule has 0 spiro atoms. The van der Waals surface area contributed by atoms with Crippen LogP contribution in [0.3, 0.4) is 0 Å². The van der Waals surface area contributed by atoms with E-state index in [0.717, 1.165) is 10.9 Å². The molecule has 0 aliphatic rings. The fraction of sp³-hybridized carbons (Fsp3) is 0. The van der Waals surface area contributed by atoms with E-state index in [4.69, 9.17) is 11.6 Å². The van der Waals surface area contributed by atoms with Crippen molar-refractivity contribution in [2.45, 2.75) is 0 Å². The maximum absolute atomic E-state index is 11.0. The highest BCUT2D eigenvalue weighted by Crippen LogP contribution is 2.29. The summed E-state index contributed by atoms with van der Waals surface area (Å²) >= 11 is 6.27. The summed E-state index contributed by atoms with van der Waals surface area (Å²) in [6, 6.07) is 5.29. The summed E-state index contributed by atoms with van der Waals surface area (Å²) in [5.41, 5.74) is 2.51. The Hall–Kier alpha value is -3.13. The zero-order valence-electron chi connectivity index (χ0n) is 11.4. The van der Waals surface area contributed by atoms with Crippen LogP contribution in [0.1, 0.15) is 0 Å². The van der Waals surface area contributed by atoms with Gasteiger partial charge in [-0.1, -0.05) is 16.8 Å². The molecule has 0 bridgehead atoms. The van der Waals surface area contributed by atoms with E-state index in [2.05, 4.69) is 34.6 Å². The Balaban J connectivity index is 1.86. The predicted molar refractivity (Wildman–Crippen MR) is 81.7 cm³/mol. The summed E-state index contributed by atoms with van der Waals surface area (Å²) in [6.07, 6.45) is 4.48. The van der Waals surface area contributed by atoms with E-state index in [-0.39, 0.29) is 5.82 Å². The van der Waals surface area contributed by atoms with Crippen molar-refractivity contribution >= 4 is 22.5 Å². The summed E-state index contributed by atoms with van der Waals surface area (Å²) in [5.74, 6) is -0.418. The van der Waals surface area contributed by atoms with Gasteiger partial charge < -0.3 is 0 Å². The first-order chi connectivity index (χ1) is 11.2. The molecule has 0 radical (unpaired) electrons. The lowest BCUT2D eigenvalue weighted by atomic mass is 10.1. The first-order valence-electron chi connectivity index (χ1n) is 6.49. The molecule has 0 amide bonds. The van der Waals surface area contributed by atoms with Gasteiger partial charge in [-0.05, 0) is 18.2 Å². The van der Waals surface area contributed by atoms with Crippen LogP contribution in [-0.2, 0) is 0 Å². The van der Waals surface area contributed by atoms with Crippen LogP contribution < -0.4 is 5.76 Å². The second-order valence-corrected chi connectivity index (χ2v) is 5.05. The molecule has 0 saturated carbocycles. The number of nitrogens with zero attached hydrogens (tertiary/aromatic N) is 5. The number of halogens is 1. The van der Waals surface area contributed by atoms with Gasteiger partial charge in [-0.25, -0.2) is 24.7 Å². The molecular weight excluding hydrogens is 320 g/mol. The van der Waals surface area contributed by atoms with Crippen molar-refractivity contribution in [3.8, 4) is 22.8 Å². The van der Waals surface area contributed by atoms with Crippen LogP contribution in [0.5, 0.6) is 0 Å². The molecule has 23 heavy (non-hydrogen) atoms. The average molecular weight is 327 g/mol. The maximum Gasteiger partial charge on any atom is 0.439 e. The van der Waals surface area contributed by atoms with E-state index < -0.39 is 5.76 Å². The number of rotatable bonds is 2. The highest BCUT2D eigenvalue weighted by Gasteiger charge is 2.11. The summed E-state index contributed by atoms with van der Waals surface area (Å²) in [4.78, 5) is 29.9. The molecule has 0 saturated heterocycles. The molecule has 0 unspecified atom stereocenters. The normalized spacial score (nSPS) is 11.0. The highest BCUT2D eigenvalue weighted by molar-refractivity contribution is 6.35. The Bertz CT molecular complexity index is 1070. The zero-order valence-corrected chi connectivity index (χ0v) is 12.2. The third-order valence-electron chi connectivity index (χ3n) is 3.22. The second-order valence-electron chi connectivity index (χ2n) is 4.65. The van der Waals surface area contributed by atoms with Crippen LogP contribution in [0.2, 0.25) is 5.02 Å². The fourth-order valence-electron chi connectivity index (χ4n) is 2.17. The SMILES string of the molecule is O=c1[nH]c(-c2cc(-c3cc(Cl)c4cncnc4c3)ncn2)no1. The molecular formula is C14H7ClN6O2. The number of nitrogens with one attached hydrogen (secondary N) is 1. The van der Waals surface area contributed by atoms with E-state index in [1.54, 1.807) is 18.3 Å². The molecule has 9 heteroatoms. The first-order valence-corrected chi connectivity index (χ1v) is 6.86. The molecule has 3 aromatic heterocycles.